The van der Waals surface area contributed by atoms with E-state index in [-0.39, 0.29) is 11.7 Å². The van der Waals surface area contributed by atoms with E-state index in [2.05, 4.69) is 4.98 Å². The number of carbonyl (C=O) groups is 1. The minimum atomic E-state index is -0.178. The lowest BCUT2D eigenvalue weighted by molar-refractivity contribution is 0.103. The summed E-state index contributed by atoms with van der Waals surface area (Å²) in [5, 5.41) is 0.377. The van der Waals surface area contributed by atoms with Gasteiger partial charge in [0.25, 0.3) is 0 Å². The van der Waals surface area contributed by atoms with Crippen molar-refractivity contribution >= 4 is 17.4 Å². The number of benzene rings is 1. The van der Waals surface area contributed by atoms with Gasteiger partial charge in [-0.15, -0.1) is 0 Å². The average molecular weight is 304 g/mol. The molecule has 0 aliphatic heterocycles. The third-order valence-electron chi connectivity index (χ3n) is 3.18. The Kier molecular flexibility index (Phi) is 3.80. The molecule has 5 heteroatoms. The smallest absolute Gasteiger partial charge is 0.232 e. The van der Waals surface area contributed by atoms with Crippen molar-refractivity contribution in [3.8, 4) is 11.6 Å². The lowest BCUT2D eigenvalue weighted by Gasteiger charge is -2.07. The van der Waals surface area contributed by atoms with Gasteiger partial charge >= 0.3 is 0 Å². The summed E-state index contributed by atoms with van der Waals surface area (Å²) in [7, 11) is 1.46. The van der Waals surface area contributed by atoms with Crippen molar-refractivity contribution in [1.82, 2.24) is 4.98 Å². The van der Waals surface area contributed by atoms with Crippen molar-refractivity contribution < 1.29 is 14.3 Å². The van der Waals surface area contributed by atoms with Gasteiger partial charge in [0.2, 0.25) is 11.7 Å². The maximum Gasteiger partial charge on any atom is 0.232 e. The molecule has 2 aromatic rings. The number of carbonyl (C=O) groups excluding carboxylic acids is 1. The zero-order chi connectivity index (χ0) is 14.8. The fourth-order valence-electron chi connectivity index (χ4n) is 1.90. The van der Waals surface area contributed by atoms with Gasteiger partial charge in [-0.2, -0.15) is 0 Å². The molecule has 1 aliphatic carbocycles. The number of halogens is 1. The molecule has 0 radical (unpaired) electrons. The molecular formula is C16H14ClNO3. The van der Waals surface area contributed by atoms with Gasteiger partial charge in [0.05, 0.1) is 13.2 Å². The topological polar surface area (TPSA) is 48.4 Å². The summed E-state index contributed by atoms with van der Waals surface area (Å²) >= 11 is 5.91. The van der Waals surface area contributed by atoms with Crippen LogP contribution in [0.1, 0.15) is 28.9 Å². The third kappa shape index (κ3) is 3.16. The molecule has 0 saturated heterocycles. The highest BCUT2D eigenvalue weighted by molar-refractivity contribution is 6.31. The highest BCUT2D eigenvalue weighted by Crippen LogP contribution is 2.27. The van der Waals surface area contributed by atoms with Gasteiger partial charge in [-0.05, 0) is 49.2 Å². The highest BCUT2D eigenvalue weighted by atomic mass is 35.5. The minimum Gasteiger partial charge on any atom is -0.490 e. The van der Waals surface area contributed by atoms with Gasteiger partial charge in [0.1, 0.15) is 16.5 Å². The Morgan fingerprint density at radius 2 is 1.90 bits per heavy atom. The van der Waals surface area contributed by atoms with Crippen LogP contribution in [0.15, 0.2) is 36.4 Å². The van der Waals surface area contributed by atoms with Crippen molar-refractivity contribution in [1.29, 1.82) is 0 Å². The zero-order valence-corrected chi connectivity index (χ0v) is 12.3. The van der Waals surface area contributed by atoms with Crippen molar-refractivity contribution in [2.24, 2.45) is 0 Å². The minimum absolute atomic E-state index is 0.178. The summed E-state index contributed by atoms with van der Waals surface area (Å²) in [5.41, 5.74) is 0.849. The maximum atomic E-state index is 12.4. The molecule has 0 unspecified atom stereocenters. The van der Waals surface area contributed by atoms with Gasteiger partial charge in [-0.25, -0.2) is 4.98 Å². The molecule has 1 aromatic carbocycles. The second-order valence-electron chi connectivity index (χ2n) is 4.86. The summed E-state index contributed by atoms with van der Waals surface area (Å²) in [6.07, 6.45) is 2.55. The molecule has 1 aliphatic rings. The Labute approximate surface area is 127 Å². The van der Waals surface area contributed by atoms with Crippen molar-refractivity contribution in [2.75, 3.05) is 7.11 Å². The van der Waals surface area contributed by atoms with Gasteiger partial charge in [0.15, 0.2) is 0 Å². The number of hydrogen-bond acceptors (Lipinski definition) is 4. The fourth-order valence-corrected chi connectivity index (χ4v) is 2.09. The second-order valence-corrected chi connectivity index (χ2v) is 5.27. The Balaban J connectivity index is 1.80. The maximum absolute atomic E-state index is 12.4. The van der Waals surface area contributed by atoms with E-state index in [1.807, 2.05) is 0 Å². The lowest BCUT2D eigenvalue weighted by atomic mass is 10.1. The van der Waals surface area contributed by atoms with Crippen molar-refractivity contribution in [3.05, 3.63) is 52.7 Å². The summed E-state index contributed by atoms with van der Waals surface area (Å²) < 4.78 is 10.7. The number of nitrogens with zero attached hydrogens (tertiary/aromatic N) is 1. The number of ether oxygens (including phenoxy) is 2. The van der Waals surface area contributed by atoms with Crippen molar-refractivity contribution in [2.45, 2.75) is 18.9 Å². The molecule has 1 aromatic heterocycles. The molecule has 108 valence electrons. The highest BCUT2D eigenvalue weighted by Gasteiger charge is 2.23. The summed E-state index contributed by atoms with van der Waals surface area (Å²) in [6, 6.07) is 10.3. The predicted molar refractivity (Wildman–Crippen MR) is 79.3 cm³/mol. The van der Waals surface area contributed by atoms with Crippen LogP contribution in [0, 0.1) is 0 Å². The summed E-state index contributed by atoms with van der Waals surface area (Å²) in [4.78, 5) is 16.5. The summed E-state index contributed by atoms with van der Waals surface area (Å²) in [6.45, 7) is 0. The van der Waals surface area contributed by atoms with Gasteiger partial charge in [-0.1, -0.05) is 11.6 Å². The largest absolute Gasteiger partial charge is 0.490 e. The SMILES string of the molecule is COc1nc(C(=O)c2ccc(OC3CC3)cc2)ccc1Cl. The first-order chi connectivity index (χ1) is 10.2. The van der Waals surface area contributed by atoms with Crippen LogP contribution in [0.5, 0.6) is 11.6 Å². The van der Waals surface area contributed by atoms with E-state index in [1.165, 1.54) is 7.11 Å². The van der Waals surface area contributed by atoms with E-state index in [9.17, 15) is 4.79 Å². The van der Waals surface area contributed by atoms with Crippen LogP contribution in [0.2, 0.25) is 5.02 Å². The Morgan fingerprint density at radius 1 is 1.19 bits per heavy atom. The molecule has 3 rings (SSSR count). The molecule has 4 nitrogen and oxygen atoms in total. The van der Waals surface area contributed by atoms with Gasteiger partial charge in [-0.3, -0.25) is 4.79 Å². The van der Waals surface area contributed by atoms with Crippen molar-refractivity contribution in [3.63, 3.8) is 0 Å². The number of aromatic nitrogens is 1. The molecule has 1 fully saturated rings. The zero-order valence-electron chi connectivity index (χ0n) is 11.5. The number of hydrogen-bond donors (Lipinski definition) is 0. The molecule has 0 bridgehead atoms. The van der Waals surface area contributed by atoms with Gasteiger partial charge < -0.3 is 9.47 Å². The van der Waals surface area contributed by atoms with Crippen LogP contribution in [-0.4, -0.2) is 24.0 Å². The number of rotatable bonds is 5. The Hall–Kier alpha value is -2.07. The molecular weight excluding hydrogens is 290 g/mol. The molecule has 0 spiro atoms. The van der Waals surface area contributed by atoms with Crippen LogP contribution >= 0.6 is 11.6 Å². The molecule has 0 amide bonds. The molecule has 0 N–H and O–H groups in total. The van der Waals surface area contributed by atoms with Crippen LogP contribution in [0.4, 0.5) is 0 Å². The van der Waals surface area contributed by atoms with E-state index in [0.29, 0.717) is 22.4 Å². The lowest BCUT2D eigenvalue weighted by Crippen LogP contribution is -2.05. The van der Waals surface area contributed by atoms with E-state index < -0.39 is 0 Å². The number of ketones is 1. The van der Waals surface area contributed by atoms with E-state index in [0.717, 1.165) is 18.6 Å². The van der Waals surface area contributed by atoms with E-state index in [4.69, 9.17) is 21.1 Å². The van der Waals surface area contributed by atoms with Crippen LogP contribution in [0.25, 0.3) is 0 Å². The van der Waals surface area contributed by atoms with Crippen LogP contribution in [0.3, 0.4) is 0 Å². The van der Waals surface area contributed by atoms with E-state index >= 15 is 0 Å². The molecule has 21 heavy (non-hydrogen) atoms. The normalized spacial score (nSPS) is 13.8. The fraction of sp³-hybridized carbons (Fsp3) is 0.250. The molecule has 0 atom stereocenters. The first-order valence-electron chi connectivity index (χ1n) is 6.69. The van der Waals surface area contributed by atoms with Gasteiger partial charge in [0, 0.05) is 5.56 Å². The third-order valence-corrected chi connectivity index (χ3v) is 3.47. The summed E-state index contributed by atoms with van der Waals surface area (Å²) in [5.74, 6) is 0.856. The van der Waals surface area contributed by atoms with E-state index in [1.54, 1.807) is 36.4 Å². The first-order valence-corrected chi connectivity index (χ1v) is 7.07. The monoisotopic (exact) mass is 303 g/mol. The molecule has 1 saturated carbocycles. The second kappa shape index (κ2) is 5.74. The Morgan fingerprint density at radius 3 is 2.52 bits per heavy atom. The predicted octanol–water partition coefficient (Wildman–Crippen LogP) is 3.52. The Bertz CT molecular complexity index is 666. The molecule has 1 heterocycles. The standard InChI is InChI=1S/C16H14ClNO3/c1-20-16-13(17)8-9-14(18-16)15(19)10-2-4-11(5-3-10)21-12-6-7-12/h2-5,8-9,12H,6-7H2,1H3. The van der Waals surface area contributed by atoms with Crippen LogP contribution < -0.4 is 9.47 Å². The quantitative estimate of drug-likeness (QED) is 0.793. The first kappa shape index (κ1) is 13.9. The number of methoxy groups -OCH3 is 1. The average Bonchev–Trinajstić information content (AvgIpc) is 3.32. The van der Waals surface area contributed by atoms with Crippen LogP contribution in [-0.2, 0) is 0 Å². The number of pyridine rings is 1.